The number of ether oxygens (including phenoxy) is 2. The average molecular weight is 364 g/mol. The molecule has 25 heavy (non-hydrogen) atoms. The number of hydrogen-bond acceptors (Lipinski definition) is 4. The van der Waals surface area contributed by atoms with Gasteiger partial charge < -0.3 is 20.1 Å². The largest absolute Gasteiger partial charge is 0.379 e. The first kappa shape index (κ1) is 19.2. The maximum Gasteiger partial charge on any atom is 0.319 e. The number of benzene rings is 1. The Morgan fingerprint density at radius 3 is 2.84 bits per heavy atom. The van der Waals surface area contributed by atoms with Gasteiger partial charge >= 0.3 is 6.03 Å². The summed E-state index contributed by atoms with van der Waals surface area (Å²) in [6, 6.07) is 10.6. The Morgan fingerprint density at radius 1 is 1.20 bits per heavy atom. The molecule has 0 aliphatic carbocycles. The number of hydrogen-bond donors (Lipinski definition) is 2. The quantitative estimate of drug-likeness (QED) is 0.667. The molecule has 0 spiro atoms. The molecule has 0 atom stereocenters. The molecule has 7 heteroatoms. The number of carbonyl (C=O) groups is 1. The zero-order chi connectivity index (χ0) is 17.9. The van der Waals surface area contributed by atoms with Gasteiger partial charge in [0.05, 0.1) is 32.1 Å². The van der Waals surface area contributed by atoms with Gasteiger partial charge in [0.2, 0.25) is 0 Å². The third-order valence-corrected chi connectivity index (χ3v) is 3.47. The van der Waals surface area contributed by atoms with Gasteiger partial charge in [-0.3, -0.25) is 4.98 Å². The topological polar surface area (TPSA) is 72.5 Å². The number of carbonyl (C=O) groups excluding carboxylic acids is 1. The molecular formula is C18H22ClN3O3. The lowest BCUT2D eigenvalue weighted by molar-refractivity contribution is 0.0453. The van der Waals surface area contributed by atoms with E-state index in [9.17, 15) is 4.79 Å². The van der Waals surface area contributed by atoms with Crippen LogP contribution in [0.2, 0.25) is 5.02 Å². The smallest absolute Gasteiger partial charge is 0.319 e. The van der Waals surface area contributed by atoms with Crippen molar-refractivity contribution in [2.24, 2.45) is 0 Å². The highest BCUT2D eigenvalue weighted by molar-refractivity contribution is 6.30. The number of anilines is 1. The number of amides is 2. The number of aromatic nitrogens is 1. The van der Waals surface area contributed by atoms with Crippen LogP contribution in [0.4, 0.5) is 10.5 Å². The van der Waals surface area contributed by atoms with E-state index in [1.165, 1.54) is 0 Å². The fraction of sp³-hybridized carbons (Fsp3) is 0.333. The Kier molecular flexibility index (Phi) is 8.18. The van der Waals surface area contributed by atoms with Crippen molar-refractivity contribution < 1.29 is 14.3 Å². The highest BCUT2D eigenvalue weighted by Gasteiger charge is 2.04. The molecule has 0 aliphatic heterocycles. The number of rotatable bonds is 9. The predicted molar refractivity (Wildman–Crippen MR) is 97.7 cm³/mol. The van der Waals surface area contributed by atoms with Gasteiger partial charge in [-0.25, -0.2) is 4.79 Å². The molecule has 6 nitrogen and oxygen atoms in total. The predicted octanol–water partition coefficient (Wildman–Crippen LogP) is 3.61. The lowest BCUT2D eigenvalue weighted by Gasteiger charge is -2.09. The van der Waals surface area contributed by atoms with Gasteiger partial charge in [0.15, 0.2) is 0 Å². The van der Waals surface area contributed by atoms with Crippen LogP contribution in [0.3, 0.4) is 0 Å². The maximum atomic E-state index is 12.0. The summed E-state index contributed by atoms with van der Waals surface area (Å²) in [6.45, 7) is 4.52. The Hall–Kier alpha value is -2.15. The summed E-state index contributed by atoms with van der Waals surface area (Å²) in [5, 5.41) is 6.12. The van der Waals surface area contributed by atoms with Gasteiger partial charge in [0.1, 0.15) is 0 Å². The molecule has 0 bridgehead atoms. The van der Waals surface area contributed by atoms with Crippen LogP contribution in [0, 0.1) is 0 Å². The van der Waals surface area contributed by atoms with E-state index in [-0.39, 0.29) is 6.03 Å². The molecule has 1 aromatic carbocycles. The molecule has 0 radical (unpaired) electrons. The molecule has 2 aromatic rings. The van der Waals surface area contributed by atoms with Crippen LogP contribution in [-0.2, 0) is 22.6 Å². The van der Waals surface area contributed by atoms with E-state index in [2.05, 4.69) is 15.6 Å². The van der Waals surface area contributed by atoms with Crippen LogP contribution in [0.25, 0.3) is 0 Å². The third kappa shape index (κ3) is 7.51. The first-order valence-corrected chi connectivity index (χ1v) is 8.45. The van der Waals surface area contributed by atoms with Crippen molar-refractivity contribution in [3.63, 3.8) is 0 Å². The summed E-state index contributed by atoms with van der Waals surface area (Å²) >= 11 is 5.89. The molecule has 1 heterocycles. The minimum Gasteiger partial charge on any atom is -0.379 e. The van der Waals surface area contributed by atoms with Gasteiger partial charge in [-0.2, -0.15) is 0 Å². The minimum atomic E-state index is -0.309. The number of halogens is 1. The van der Waals surface area contributed by atoms with Crippen molar-refractivity contribution in [1.82, 2.24) is 10.3 Å². The third-order valence-electron chi connectivity index (χ3n) is 3.24. The Bertz CT molecular complexity index is 682. The van der Waals surface area contributed by atoms with E-state index >= 15 is 0 Å². The second-order valence-corrected chi connectivity index (χ2v) is 5.66. The number of urea groups is 1. The van der Waals surface area contributed by atoms with E-state index in [1.807, 2.05) is 31.2 Å². The van der Waals surface area contributed by atoms with E-state index in [4.69, 9.17) is 21.1 Å². The number of nitrogens with one attached hydrogen (secondary N) is 2. The first-order valence-electron chi connectivity index (χ1n) is 8.07. The molecule has 0 saturated carbocycles. The molecule has 0 saturated heterocycles. The number of pyridine rings is 1. The van der Waals surface area contributed by atoms with E-state index in [1.54, 1.807) is 18.3 Å². The molecule has 0 unspecified atom stereocenters. The first-order chi connectivity index (χ1) is 12.2. The van der Waals surface area contributed by atoms with Crippen LogP contribution in [0.15, 0.2) is 42.6 Å². The molecule has 2 N–H and O–H groups in total. The molecule has 1 aromatic heterocycles. The summed E-state index contributed by atoms with van der Waals surface area (Å²) < 4.78 is 10.7. The Balaban J connectivity index is 1.77. The summed E-state index contributed by atoms with van der Waals surface area (Å²) in [5.41, 5.74) is 2.37. The lowest BCUT2D eigenvalue weighted by atomic mass is 10.2. The van der Waals surface area contributed by atoms with Crippen molar-refractivity contribution in [2.45, 2.75) is 20.1 Å². The van der Waals surface area contributed by atoms with Crippen molar-refractivity contribution in [2.75, 3.05) is 25.1 Å². The number of nitrogens with zero attached hydrogens (tertiary/aromatic N) is 1. The minimum absolute atomic E-state index is 0.298. The van der Waals surface area contributed by atoms with Crippen LogP contribution in [-0.4, -0.2) is 30.8 Å². The van der Waals surface area contributed by atoms with Crippen LogP contribution < -0.4 is 10.6 Å². The summed E-state index contributed by atoms with van der Waals surface area (Å²) in [5.74, 6) is 0. The fourth-order valence-electron chi connectivity index (χ4n) is 2.08. The van der Waals surface area contributed by atoms with Crippen molar-refractivity contribution in [1.29, 1.82) is 0 Å². The summed E-state index contributed by atoms with van der Waals surface area (Å²) in [7, 11) is 0. The summed E-state index contributed by atoms with van der Waals surface area (Å²) in [6.07, 6.45) is 1.60. The van der Waals surface area contributed by atoms with E-state index in [0.717, 1.165) is 5.56 Å². The molecule has 0 fully saturated rings. The van der Waals surface area contributed by atoms with Crippen LogP contribution >= 0.6 is 11.6 Å². The van der Waals surface area contributed by atoms with Crippen molar-refractivity contribution >= 4 is 23.3 Å². The zero-order valence-electron chi connectivity index (χ0n) is 14.1. The second kappa shape index (κ2) is 10.7. The van der Waals surface area contributed by atoms with E-state index in [0.29, 0.717) is 49.4 Å². The Morgan fingerprint density at radius 2 is 2.04 bits per heavy atom. The monoisotopic (exact) mass is 363 g/mol. The van der Waals surface area contributed by atoms with Crippen molar-refractivity contribution in [3.8, 4) is 0 Å². The lowest BCUT2D eigenvalue weighted by Crippen LogP contribution is -2.28. The second-order valence-electron chi connectivity index (χ2n) is 5.22. The molecule has 2 amide bonds. The molecular weight excluding hydrogens is 342 g/mol. The standard InChI is InChI=1S/C18H22ClN3O3/c1-2-24-8-9-25-13-14-4-3-5-16(10-14)22-18(23)21-12-17-11-15(19)6-7-20-17/h3-7,10-11H,2,8-9,12-13H2,1H3,(H2,21,22,23). The zero-order valence-corrected chi connectivity index (χ0v) is 14.9. The van der Waals surface area contributed by atoms with Gasteiger partial charge in [0, 0.05) is 23.5 Å². The van der Waals surface area contributed by atoms with Crippen LogP contribution in [0.1, 0.15) is 18.2 Å². The SMILES string of the molecule is CCOCCOCc1cccc(NC(=O)NCc2cc(Cl)ccn2)c1. The van der Waals surface area contributed by atoms with Gasteiger partial charge in [0.25, 0.3) is 0 Å². The van der Waals surface area contributed by atoms with Gasteiger partial charge in [-0.1, -0.05) is 23.7 Å². The highest BCUT2D eigenvalue weighted by Crippen LogP contribution is 2.12. The van der Waals surface area contributed by atoms with Crippen molar-refractivity contribution in [3.05, 3.63) is 58.9 Å². The van der Waals surface area contributed by atoms with Crippen LogP contribution in [0.5, 0.6) is 0 Å². The van der Waals surface area contributed by atoms with Gasteiger partial charge in [-0.05, 0) is 36.8 Å². The average Bonchev–Trinajstić information content (AvgIpc) is 2.60. The maximum absolute atomic E-state index is 12.0. The summed E-state index contributed by atoms with van der Waals surface area (Å²) in [4.78, 5) is 16.1. The van der Waals surface area contributed by atoms with E-state index < -0.39 is 0 Å². The Labute approximate surface area is 152 Å². The molecule has 2 rings (SSSR count). The van der Waals surface area contributed by atoms with Gasteiger partial charge in [-0.15, -0.1) is 0 Å². The normalized spacial score (nSPS) is 10.5. The molecule has 0 aliphatic rings. The fourth-order valence-corrected chi connectivity index (χ4v) is 2.26. The highest BCUT2D eigenvalue weighted by atomic mass is 35.5. The molecule has 134 valence electrons.